The molecule has 0 aliphatic rings. The minimum atomic E-state index is -0.0766. The van der Waals surface area contributed by atoms with E-state index >= 15 is 0 Å². The first-order valence-electron chi connectivity index (χ1n) is 5.43. The second-order valence-electron chi connectivity index (χ2n) is 4.49. The Morgan fingerprint density at radius 2 is 2.18 bits per heavy atom. The van der Waals surface area contributed by atoms with Crippen LogP contribution < -0.4 is 10.1 Å². The summed E-state index contributed by atoms with van der Waals surface area (Å²) in [5.41, 5.74) is 1.04. The van der Waals surface area contributed by atoms with E-state index in [2.05, 4.69) is 25.2 Å². The molecule has 0 radical (unpaired) electrons. The van der Waals surface area contributed by atoms with Gasteiger partial charge in [0.15, 0.2) is 0 Å². The van der Waals surface area contributed by atoms with Crippen molar-refractivity contribution in [1.82, 2.24) is 5.32 Å². The van der Waals surface area contributed by atoms with Crippen LogP contribution in [0.2, 0.25) is 5.02 Å². The molecule has 1 N–H and O–H groups in total. The molecule has 0 fully saturated rings. The van der Waals surface area contributed by atoms with E-state index in [4.69, 9.17) is 21.6 Å². The minimum absolute atomic E-state index is 0.0766. The third kappa shape index (κ3) is 3.62. The molecule has 92 valence electrons. The second kappa shape index (κ2) is 5.90. The lowest BCUT2D eigenvalue weighted by molar-refractivity contribution is 0.414. The van der Waals surface area contributed by atoms with Gasteiger partial charge in [-0.1, -0.05) is 31.5 Å². The van der Waals surface area contributed by atoms with Gasteiger partial charge < -0.3 is 10.1 Å². The van der Waals surface area contributed by atoms with Crippen molar-refractivity contribution in [2.24, 2.45) is 0 Å². The average molecular weight is 253 g/mol. The fraction of sp³-hybridized carbons (Fsp3) is 0.462. The highest BCUT2D eigenvalue weighted by atomic mass is 35.5. The third-order valence-electron chi connectivity index (χ3n) is 2.70. The maximum Gasteiger partial charge on any atom is 0.137 e. The van der Waals surface area contributed by atoms with Gasteiger partial charge in [0.25, 0.3) is 0 Å². The maximum absolute atomic E-state index is 8.50. The highest BCUT2D eigenvalue weighted by Crippen LogP contribution is 2.30. The summed E-state index contributed by atoms with van der Waals surface area (Å²) in [6, 6.07) is 7.84. The van der Waals surface area contributed by atoms with Crippen LogP contribution in [0.15, 0.2) is 18.2 Å². The number of hydrogen-bond donors (Lipinski definition) is 1. The number of benzene rings is 1. The van der Waals surface area contributed by atoms with Gasteiger partial charge in [0, 0.05) is 12.0 Å². The van der Waals surface area contributed by atoms with Crippen LogP contribution in [0, 0.1) is 11.3 Å². The van der Waals surface area contributed by atoms with Crippen molar-refractivity contribution in [1.29, 1.82) is 5.26 Å². The Hall–Kier alpha value is -1.24. The fourth-order valence-electron chi connectivity index (χ4n) is 1.62. The molecular weight excluding hydrogens is 236 g/mol. The van der Waals surface area contributed by atoms with Gasteiger partial charge in [0.05, 0.1) is 24.7 Å². The number of rotatable bonds is 5. The molecule has 0 aromatic heterocycles. The molecule has 4 heteroatoms. The summed E-state index contributed by atoms with van der Waals surface area (Å²) in [5.74, 6) is 0.677. The van der Waals surface area contributed by atoms with Crippen molar-refractivity contribution in [2.45, 2.75) is 19.3 Å². The molecular formula is C13H17ClN2O. The van der Waals surface area contributed by atoms with Crippen LogP contribution in [0.3, 0.4) is 0 Å². The van der Waals surface area contributed by atoms with Gasteiger partial charge >= 0.3 is 0 Å². The predicted molar refractivity (Wildman–Crippen MR) is 69.5 cm³/mol. The lowest BCUT2D eigenvalue weighted by atomic mass is 9.84. The van der Waals surface area contributed by atoms with E-state index < -0.39 is 0 Å². The number of ether oxygens (including phenoxy) is 1. The molecule has 1 rings (SSSR count). The predicted octanol–water partition coefficient (Wildman–Crippen LogP) is 2.74. The Labute approximate surface area is 107 Å². The largest absolute Gasteiger partial charge is 0.495 e. The number of hydrogen-bond acceptors (Lipinski definition) is 3. The normalized spacial score (nSPS) is 11.0. The van der Waals surface area contributed by atoms with Gasteiger partial charge in [-0.2, -0.15) is 5.26 Å². The lowest BCUT2D eigenvalue weighted by Crippen LogP contribution is -2.33. The summed E-state index contributed by atoms with van der Waals surface area (Å²) >= 11 is 6.10. The number of halogens is 1. The van der Waals surface area contributed by atoms with Crippen molar-refractivity contribution >= 4 is 11.6 Å². The third-order valence-corrected chi connectivity index (χ3v) is 3.00. The van der Waals surface area contributed by atoms with E-state index in [-0.39, 0.29) is 5.41 Å². The zero-order chi connectivity index (χ0) is 12.9. The standard InChI is InChI=1S/C13H17ClN2O/c1-13(2,9-16-7-6-15)10-4-5-12(17-3)11(14)8-10/h4-5,8,16H,7,9H2,1-3H3. The van der Waals surface area contributed by atoms with Crippen molar-refractivity contribution in [3.63, 3.8) is 0 Å². The van der Waals surface area contributed by atoms with Crippen LogP contribution in [-0.2, 0) is 5.41 Å². The van der Waals surface area contributed by atoms with Crippen LogP contribution >= 0.6 is 11.6 Å². The van der Waals surface area contributed by atoms with Gasteiger partial charge in [0.2, 0.25) is 0 Å². The average Bonchev–Trinajstić information content (AvgIpc) is 2.29. The summed E-state index contributed by atoms with van der Waals surface area (Å²) in [6.07, 6.45) is 0. The number of nitriles is 1. The SMILES string of the molecule is COc1ccc(C(C)(C)CNCC#N)cc1Cl. The van der Waals surface area contributed by atoms with E-state index in [1.165, 1.54) is 0 Å². The molecule has 17 heavy (non-hydrogen) atoms. The lowest BCUT2D eigenvalue weighted by Gasteiger charge is -2.25. The Morgan fingerprint density at radius 1 is 1.47 bits per heavy atom. The summed E-state index contributed by atoms with van der Waals surface area (Å²) in [7, 11) is 1.60. The van der Waals surface area contributed by atoms with Crippen molar-refractivity contribution in [3.8, 4) is 11.8 Å². The summed E-state index contributed by atoms with van der Waals surface area (Å²) in [5, 5.41) is 12.2. The maximum atomic E-state index is 8.50. The zero-order valence-electron chi connectivity index (χ0n) is 10.4. The molecule has 0 amide bonds. The second-order valence-corrected chi connectivity index (χ2v) is 4.90. The molecule has 0 saturated heterocycles. The van der Waals surface area contributed by atoms with E-state index in [1.807, 2.05) is 18.2 Å². The first kappa shape index (κ1) is 13.8. The smallest absolute Gasteiger partial charge is 0.137 e. The zero-order valence-corrected chi connectivity index (χ0v) is 11.1. The molecule has 0 aliphatic heterocycles. The molecule has 0 atom stereocenters. The van der Waals surface area contributed by atoms with Crippen molar-refractivity contribution in [3.05, 3.63) is 28.8 Å². The Kier molecular flexibility index (Phi) is 4.80. The van der Waals surface area contributed by atoms with E-state index in [9.17, 15) is 0 Å². The van der Waals surface area contributed by atoms with Crippen LogP contribution in [0.1, 0.15) is 19.4 Å². The molecule has 0 saturated carbocycles. The Bertz CT molecular complexity index is 424. The van der Waals surface area contributed by atoms with E-state index in [0.29, 0.717) is 17.3 Å². The van der Waals surface area contributed by atoms with Crippen molar-refractivity contribution in [2.75, 3.05) is 20.2 Å². The molecule has 1 aromatic rings. The quantitative estimate of drug-likeness (QED) is 0.647. The molecule has 0 heterocycles. The van der Waals surface area contributed by atoms with E-state index in [0.717, 1.165) is 12.1 Å². The van der Waals surface area contributed by atoms with Crippen LogP contribution in [0.4, 0.5) is 0 Å². The Morgan fingerprint density at radius 3 is 2.71 bits per heavy atom. The number of methoxy groups -OCH3 is 1. The van der Waals surface area contributed by atoms with Gasteiger partial charge in [-0.05, 0) is 17.7 Å². The van der Waals surface area contributed by atoms with Crippen LogP contribution in [0.5, 0.6) is 5.75 Å². The van der Waals surface area contributed by atoms with Crippen LogP contribution in [-0.4, -0.2) is 20.2 Å². The van der Waals surface area contributed by atoms with Gasteiger partial charge in [-0.3, -0.25) is 0 Å². The molecule has 3 nitrogen and oxygen atoms in total. The molecule has 0 aliphatic carbocycles. The summed E-state index contributed by atoms with van der Waals surface area (Å²) in [4.78, 5) is 0. The van der Waals surface area contributed by atoms with Crippen molar-refractivity contribution < 1.29 is 4.74 Å². The van der Waals surface area contributed by atoms with Gasteiger partial charge in [-0.15, -0.1) is 0 Å². The van der Waals surface area contributed by atoms with Crippen LogP contribution in [0.25, 0.3) is 0 Å². The highest BCUT2D eigenvalue weighted by Gasteiger charge is 2.21. The first-order chi connectivity index (χ1) is 8.01. The molecule has 1 aromatic carbocycles. The Balaban J connectivity index is 2.84. The monoisotopic (exact) mass is 252 g/mol. The summed E-state index contributed by atoms with van der Waals surface area (Å²) < 4.78 is 5.12. The van der Waals surface area contributed by atoms with E-state index in [1.54, 1.807) is 7.11 Å². The summed E-state index contributed by atoms with van der Waals surface area (Å²) in [6.45, 7) is 5.29. The molecule has 0 unspecified atom stereocenters. The molecule has 0 spiro atoms. The first-order valence-corrected chi connectivity index (χ1v) is 5.81. The topological polar surface area (TPSA) is 45.0 Å². The fourth-order valence-corrected chi connectivity index (χ4v) is 1.88. The van der Waals surface area contributed by atoms with Gasteiger partial charge in [0.1, 0.15) is 5.75 Å². The van der Waals surface area contributed by atoms with Gasteiger partial charge in [-0.25, -0.2) is 0 Å². The highest BCUT2D eigenvalue weighted by molar-refractivity contribution is 6.32. The number of nitrogens with zero attached hydrogens (tertiary/aromatic N) is 1. The minimum Gasteiger partial charge on any atom is -0.495 e. The molecule has 0 bridgehead atoms. The number of nitrogens with one attached hydrogen (secondary N) is 1.